The summed E-state index contributed by atoms with van der Waals surface area (Å²) in [6, 6.07) is 16.2. The molecular weight excluding hydrogens is 515 g/mol. The first-order valence-electron chi connectivity index (χ1n) is 12.9. The van der Waals surface area contributed by atoms with E-state index in [9.17, 15) is 0 Å². The highest BCUT2D eigenvalue weighted by molar-refractivity contribution is 7.26. The topological polar surface area (TPSA) is 15.8 Å². The largest absolute Gasteiger partial charge is 0.354 e. The van der Waals surface area contributed by atoms with Crippen LogP contribution in [-0.4, -0.2) is 83.4 Å². The van der Waals surface area contributed by atoms with Gasteiger partial charge in [-0.2, -0.15) is 0 Å². The molecule has 0 bridgehead atoms. The van der Waals surface area contributed by atoms with Gasteiger partial charge in [0.25, 0.3) is 0 Å². The number of hydrogen-bond donors (Lipinski definition) is 1. The summed E-state index contributed by atoms with van der Waals surface area (Å²) in [5, 5.41) is 4.11. The lowest BCUT2D eigenvalue weighted by Crippen LogP contribution is -2.55. The number of thiophene rings is 1. The summed E-state index contributed by atoms with van der Waals surface area (Å²) in [6.45, 7) is 0. The fourth-order valence-electron chi connectivity index (χ4n) is 5.87. The molecule has 42 heavy (non-hydrogen) atoms. The summed E-state index contributed by atoms with van der Waals surface area (Å²) in [5.74, 6) is 0. The van der Waals surface area contributed by atoms with Crippen LogP contribution in [0.1, 0.15) is 0 Å². The Morgan fingerprint density at radius 2 is 0.881 bits per heavy atom. The lowest BCUT2D eigenvalue weighted by Gasteiger charge is -2.21. The van der Waals surface area contributed by atoms with Crippen molar-refractivity contribution in [1.29, 1.82) is 0 Å². The van der Waals surface area contributed by atoms with Crippen LogP contribution in [0.15, 0.2) is 48.5 Å². The molecule has 0 unspecified atom stereocenters. The average Bonchev–Trinajstić information content (AvgIpc) is 3.54. The van der Waals surface area contributed by atoms with Crippen molar-refractivity contribution in [3.8, 4) is 22.3 Å². The van der Waals surface area contributed by atoms with E-state index in [0.717, 1.165) is 53.1 Å². The third-order valence-electron chi connectivity index (χ3n) is 8.18. The summed E-state index contributed by atoms with van der Waals surface area (Å²) in [4.78, 5) is 3.62. The van der Waals surface area contributed by atoms with Crippen molar-refractivity contribution >= 4 is 186 Å². The smallest absolute Gasteiger partial charge is 0.113 e. The number of benzene rings is 5. The molecule has 2 heterocycles. The molecule has 20 radical (unpaired) electrons. The minimum Gasteiger partial charge on any atom is -0.354 e. The normalized spacial score (nSPS) is 11.8. The molecule has 0 saturated carbocycles. The molecule has 2 aromatic heterocycles. The Kier molecular flexibility index (Phi) is 6.34. The van der Waals surface area contributed by atoms with Gasteiger partial charge in [-0.05, 0) is 52.6 Å². The zero-order chi connectivity index (χ0) is 29.8. The van der Waals surface area contributed by atoms with E-state index in [1.54, 1.807) is 11.3 Å². The average molecular weight is 524 g/mol. The van der Waals surface area contributed by atoms with Crippen LogP contribution in [0.5, 0.6) is 0 Å². The van der Waals surface area contributed by atoms with E-state index >= 15 is 0 Å². The van der Waals surface area contributed by atoms with E-state index in [1.165, 1.54) is 0 Å². The molecule has 0 fully saturated rings. The zero-order valence-corrected chi connectivity index (χ0v) is 23.1. The second kappa shape index (κ2) is 9.64. The van der Waals surface area contributed by atoms with Gasteiger partial charge in [0.15, 0.2) is 0 Å². The number of fused-ring (bicyclic) bond motifs is 7. The van der Waals surface area contributed by atoms with Crippen LogP contribution < -0.4 is 54.6 Å². The fraction of sp³-hybridized carbons (Fsp3) is 0. The van der Waals surface area contributed by atoms with E-state index in [0.29, 0.717) is 33.0 Å². The SMILES string of the molecule is [B]c1c([B])c([B])c(-c2ccc3[nH]c4c(ccc5sc6ccc(-c7c([B])c([B])c([B])c([B])c7[B])cc6c54)c3c2)c([B])c1[B]. The molecule has 0 aliphatic carbocycles. The van der Waals surface area contributed by atoms with Crippen LogP contribution >= 0.6 is 11.3 Å². The third-order valence-corrected chi connectivity index (χ3v) is 9.32. The first-order chi connectivity index (χ1) is 20.0. The molecule has 1 nitrogen and oxygen atoms in total. The molecule has 0 amide bonds. The Labute approximate surface area is 261 Å². The quantitative estimate of drug-likeness (QED) is 0.232. The molecule has 0 spiro atoms. The summed E-state index contributed by atoms with van der Waals surface area (Å²) in [6.07, 6.45) is 0. The van der Waals surface area contributed by atoms with Crippen molar-refractivity contribution < 1.29 is 0 Å². The first-order valence-corrected chi connectivity index (χ1v) is 13.7. The Balaban J connectivity index is 1.49. The van der Waals surface area contributed by atoms with Gasteiger partial charge in [-0.3, -0.25) is 0 Å². The van der Waals surface area contributed by atoms with E-state index in [1.807, 2.05) is 30.3 Å². The maximum atomic E-state index is 6.38. The van der Waals surface area contributed by atoms with Gasteiger partial charge in [0.2, 0.25) is 0 Å². The standard InChI is InChI=1S/C30H9B10NS/c31-20-17(21(32)25(36)28(39)24(20)35)9-1-4-14-12(7-9)11-3-6-16-19(30(11)41-14)13-8-10(2-5-15(13)42-16)18-22(33)26(37)29(40)27(38)23(18)34/h1-8,41H. The third kappa shape index (κ3) is 3.77. The van der Waals surface area contributed by atoms with Gasteiger partial charge in [-0.1, -0.05) is 40.1 Å². The number of H-pyrrole nitrogens is 1. The van der Waals surface area contributed by atoms with E-state index in [4.69, 9.17) is 78.5 Å². The fourth-order valence-corrected chi connectivity index (χ4v) is 6.96. The van der Waals surface area contributed by atoms with Crippen molar-refractivity contribution in [2.75, 3.05) is 0 Å². The van der Waals surface area contributed by atoms with Gasteiger partial charge in [0, 0.05) is 36.5 Å². The van der Waals surface area contributed by atoms with Gasteiger partial charge in [-0.25, -0.2) is 0 Å². The van der Waals surface area contributed by atoms with Crippen LogP contribution in [0.25, 0.3) is 64.2 Å². The number of aromatic nitrogens is 1. The summed E-state index contributed by atoms with van der Waals surface area (Å²) >= 11 is 1.69. The second-order valence-electron chi connectivity index (χ2n) is 10.4. The second-order valence-corrected chi connectivity index (χ2v) is 11.5. The van der Waals surface area contributed by atoms with E-state index < -0.39 is 0 Å². The van der Waals surface area contributed by atoms with Crippen LogP contribution in [0, 0.1) is 0 Å². The highest BCUT2D eigenvalue weighted by Crippen LogP contribution is 2.41. The molecule has 5 aromatic carbocycles. The molecule has 0 aliphatic rings. The molecule has 1 N–H and O–H groups in total. The van der Waals surface area contributed by atoms with Crippen molar-refractivity contribution in [2.24, 2.45) is 0 Å². The Hall–Kier alpha value is -3.23. The molecule has 170 valence electrons. The van der Waals surface area contributed by atoms with Crippen molar-refractivity contribution in [3.05, 3.63) is 48.5 Å². The minimum absolute atomic E-state index is 0.181. The lowest BCUT2D eigenvalue weighted by molar-refractivity contribution is 1.57. The number of rotatable bonds is 2. The maximum Gasteiger partial charge on any atom is 0.113 e. The number of hydrogen-bond acceptors (Lipinski definition) is 1. The first kappa shape index (κ1) is 27.6. The lowest BCUT2D eigenvalue weighted by atomic mass is 9.59. The van der Waals surface area contributed by atoms with E-state index in [-0.39, 0.29) is 32.8 Å². The van der Waals surface area contributed by atoms with Gasteiger partial charge < -0.3 is 4.98 Å². The number of nitrogens with one attached hydrogen (secondary N) is 1. The Morgan fingerprint density at radius 3 is 1.43 bits per heavy atom. The molecule has 0 atom stereocenters. The minimum atomic E-state index is 0.181. The monoisotopic (exact) mass is 525 g/mol. The van der Waals surface area contributed by atoms with Gasteiger partial charge >= 0.3 is 0 Å². The van der Waals surface area contributed by atoms with Gasteiger partial charge in [-0.15, -0.1) is 44.1 Å². The molecule has 0 aliphatic heterocycles. The maximum absolute atomic E-state index is 6.38. The Morgan fingerprint density at radius 1 is 0.429 bits per heavy atom. The van der Waals surface area contributed by atoms with Gasteiger partial charge in [0.05, 0.1) is 5.52 Å². The van der Waals surface area contributed by atoms with Gasteiger partial charge in [0.1, 0.15) is 78.5 Å². The molecule has 12 heteroatoms. The predicted molar refractivity (Wildman–Crippen MR) is 193 cm³/mol. The van der Waals surface area contributed by atoms with Crippen LogP contribution in [0.2, 0.25) is 0 Å². The molecule has 7 aromatic rings. The Bertz CT molecular complexity index is 2260. The van der Waals surface area contributed by atoms with Crippen molar-refractivity contribution in [3.63, 3.8) is 0 Å². The molecule has 0 saturated heterocycles. The zero-order valence-electron chi connectivity index (χ0n) is 22.3. The highest BCUT2D eigenvalue weighted by atomic mass is 32.1. The van der Waals surface area contributed by atoms with E-state index in [2.05, 4.69) is 23.2 Å². The van der Waals surface area contributed by atoms with Crippen LogP contribution in [0.3, 0.4) is 0 Å². The molecule has 7 rings (SSSR count). The van der Waals surface area contributed by atoms with Crippen LogP contribution in [0.4, 0.5) is 0 Å². The molecular formula is C30H9B10NS. The summed E-state index contributed by atoms with van der Waals surface area (Å²) in [5.41, 5.74) is 7.00. The number of aromatic amines is 1. The summed E-state index contributed by atoms with van der Waals surface area (Å²) < 4.78 is 2.22. The van der Waals surface area contributed by atoms with Crippen molar-refractivity contribution in [2.45, 2.75) is 0 Å². The predicted octanol–water partition coefficient (Wildman–Crippen LogP) is -3.04. The highest BCUT2D eigenvalue weighted by Gasteiger charge is 2.18. The van der Waals surface area contributed by atoms with Crippen molar-refractivity contribution in [1.82, 2.24) is 4.98 Å². The van der Waals surface area contributed by atoms with Crippen LogP contribution in [-0.2, 0) is 0 Å². The summed E-state index contributed by atoms with van der Waals surface area (Å²) in [7, 11) is 62.1.